The molecule has 0 saturated carbocycles. The zero-order valence-corrected chi connectivity index (χ0v) is 15.9. The molecule has 1 aromatic carbocycles. The Bertz CT molecular complexity index is 872. The van der Waals surface area contributed by atoms with Gasteiger partial charge in [-0.1, -0.05) is 18.6 Å². The van der Waals surface area contributed by atoms with E-state index in [0.717, 1.165) is 5.57 Å². The number of likely N-dealkylation sites (tertiary alicyclic amines) is 1. The summed E-state index contributed by atoms with van der Waals surface area (Å²) in [6, 6.07) is 3.97. The van der Waals surface area contributed by atoms with E-state index < -0.39 is 36.6 Å². The summed E-state index contributed by atoms with van der Waals surface area (Å²) in [5.74, 6) is -2.80. The molecular weight excluding hydrogens is 364 g/mol. The standard InChI is InChI=1S/C20H23BFNO5/c1-3-6-23-19(25)13-7-10(2)18-12(17(13)20(23)26)9-16(28-21(18)27)11-4-5-15(24)14(22)8-11/h4-5,8,12-13,16-17,24,27H,3,6-7,9H2,1-2H3/t12-,13-,16-,17+/m0/s1. The first-order valence-electron chi connectivity index (χ1n) is 9.70. The Balaban J connectivity index is 1.70. The van der Waals surface area contributed by atoms with Crippen LogP contribution in [0.4, 0.5) is 4.39 Å². The molecule has 2 amide bonds. The molecule has 2 aliphatic heterocycles. The fourth-order valence-corrected chi connectivity index (χ4v) is 5.00. The zero-order chi connectivity index (χ0) is 20.2. The number of fused-ring (bicyclic) bond motifs is 3. The number of carbonyl (C=O) groups excluding carboxylic acids is 2. The lowest BCUT2D eigenvalue weighted by atomic mass is 9.55. The van der Waals surface area contributed by atoms with E-state index in [1.54, 1.807) is 6.07 Å². The largest absolute Gasteiger partial charge is 0.505 e. The minimum absolute atomic E-state index is 0.136. The average Bonchev–Trinajstić information content (AvgIpc) is 2.88. The van der Waals surface area contributed by atoms with Crippen molar-refractivity contribution in [3.8, 4) is 5.75 Å². The average molecular weight is 387 g/mol. The fraction of sp³-hybridized carbons (Fsp3) is 0.500. The van der Waals surface area contributed by atoms with Gasteiger partial charge in [0.05, 0.1) is 17.9 Å². The van der Waals surface area contributed by atoms with Crippen molar-refractivity contribution >= 4 is 18.9 Å². The molecule has 1 aliphatic carbocycles. The summed E-state index contributed by atoms with van der Waals surface area (Å²) in [4.78, 5) is 27.2. The van der Waals surface area contributed by atoms with E-state index in [1.807, 2.05) is 13.8 Å². The number of hydrogen-bond acceptors (Lipinski definition) is 5. The number of hydrogen-bond donors (Lipinski definition) is 2. The highest BCUT2D eigenvalue weighted by atomic mass is 19.1. The molecule has 0 bridgehead atoms. The van der Waals surface area contributed by atoms with Crippen LogP contribution in [-0.2, 0) is 14.2 Å². The third-order valence-corrected chi connectivity index (χ3v) is 6.24. The van der Waals surface area contributed by atoms with Gasteiger partial charge in [0.25, 0.3) is 0 Å². The Morgan fingerprint density at radius 3 is 2.71 bits per heavy atom. The molecule has 4 atom stereocenters. The van der Waals surface area contributed by atoms with Gasteiger partial charge in [0.1, 0.15) is 0 Å². The SMILES string of the molecule is CCCN1C(=O)[C@H]2[C@H](CC(C)=C3B(O)O[C@H](c4ccc(O)c(F)c4)C[C@H]32)C1=O. The Hall–Kier alpha value is -2.19. The van der Waals surface area contributed by atoms with Crippen molar-refractivity contribution in [1.82, 2.24) is 4.90 Å². The van der Waals surface area contributed by atoms with Gasteiger partial charge in [-0.3, -0.25) is 14.5 Å². The van der Waals surface area contributed by atoms with E-state index in [9.17, 15) is 24.1 Å². The van der Waals surface area contributed by atoms with Crippen LogP contribution in [0.2, 0.25) is 0 Å². The van der Waals surface area contributed by atoms with Gasteiger partial charge in [-0.15, -0.1) is 0 Å². The van der Waals surface area contributed by atoms with Crippen molar-refractivity contribution in [3.05, 3.63) is 40.6 Å². The Morgan fingerprint density at radius 2 is 2.04 bits per heavy atom. The molecule has 6 nitrogen and oxygen atoms in total. The van der Waals surface area contributed by atoms with Crippen LogP contribution in [0.1, 0.15) is 44.8 Å². The molecule has 2 N–H and O–H groups in total. The van der Waals surface area contributed by atoms with Crippen LogP contribution >= 0.6 is 0 Å². The number of halogens is 1. The zero-order valence-electron chi connectivity index (χ0n) is 15.9. The lowest BCUT2D eigenvalue weighted by molar-refractivity contribution is -0.140. The first-order chi connectivity index (χ1) is 13.3. The summed E-state index contributed by atoms with van der Waals surface area (Å²) in [5, 5.41) is 20.1. The van der Waals surface area contributed by atoms with Gasteiger partial charge in [-0.25, -0.2) is 4.39 Å². The summed E-state index contributed by atoms with van der Waals surface area (Å²) < 4.78 is 19.5. The molecule has 0 aromatic heterocycles. The quantitative estimate of drug-likeness (QED) is 0.614. The van der Waals surface area contributed by atoms with Gasteiger partial charge in [0, 0.05) is 6.54 Å². The molecule has 0 radical (unpaired) electrons. The highest BCUT2D eigenvalue weighted by Gasteiger charge is 2.57. The molecule has 1 aromatic rings. The number of benzene rings is 1. The number of nitrogens with zero attached hydrogens (tertiary/aromatic N) is 1. The van der Waals surface area contributed by atoms with Crippen LogP contribution < -0.4 is 0 Å². The number of aromatic hydroxyl groups is 1. The molecule has 8 heteroatoms. The third kappa shape index (κ3) is 2.86. The molecule has 0 spiro atoms. The van der Waals surface area contributed by atoms with E-state index in [2.05, 4.69) is 0 Å². The van der Waals surface area contributed by atoms with Crippen molar-refractivity contribution in [3.63, 3.8) is 0 Å². The lowest BCUT2D eigenvalue weighted by Gasteiger charge is -2.41. The highest BCUT2D eigenvalue weighted by Crippen LogP contribution is 2.51. The first kappa shape index (κ1) is 19.1. The number of allylic oxidation sites excluding steroid dienone is 2. The van der Waals surface area contributed by atoms with Gasteiger partial charge in [0.15, 0.2) is 11.6 Å². The van der Waals surface area contributed by atoms with E-state index in [0.29, 0.717) is 36.8 Å². The first-order valence-corrected chi connectivity index (χ1v) is 9.70. The Labute approximate surface area is 163 Å². The molecule has 28 heavy (non-hydrogen) atoms. The van der Waals surface area contributed by atoms with Crippen LogP contribution in [0.15, 0.2) is 29.2 Å². The van der Waals surface area contributed by atoms with Crippen molar-refractivity contribution < 1.29 is 28.8 Å². The molecule has 2 fully saturated rings. The molecule has 4 rings (SSSR count). The molecule has 0 unspecified atom stereocenters. The molecule has 2 saturated heterocycles. The summed E-state index contributed by atoms with van der Waals surface area (Å²) in [7, 11) is -1.20. The maximum atomic E-state index is 13.8. The van der Waals surface area contributed by atoms with Gasteiger partial charge < -0.3 is 14.8 Å². The maximum absolute atomic E-state index is 13.8. The minimum Gasteiger partial charge on any atom is -0.505 e. The van der Waals surface area contributed by atoms with Gasteiger partial charge in [-0.05, 0) is 55.3 Å². The number of amides is 2. The van der Waals surface area contributed by atoms with Gasteiger partial charge in [0.2, 0.25) is 11.8 Å². The van der Waals surface area contributed by atoms with Crippen molar-refractivity contribution in [1.29, 1.82) is 0 Å². The summed E-state index contributed by atoms with van der Waals surface area (Å²) in [5.41, 5.74) is 2.04. The van der Waals surface area contributed by atoms with Crippen molar-refractivity contribution in [2.45, 2.75) is 39.2 Å². The fourth-order valence-electron chi connectivity index (χ4n) is 5.00. The van der Waals surface area contributed by atoms with Gasteiger partial charge >= 0.3 is 7.12 Å². The van der Waals surface area contributed by atoms with E-state index in [-0.39, 0.29) is 17.7 Å². The summed E-state index contributed by atoms with van der Waals surface area (Å²) in [6.45, 7) is 4.19. The van der Waals surface area contributed by atoms with E-state index >= 15 is 0 Å². The molecule has 2 heterocycles. The number of imide groups is 1. The lowest BCUT2D eigenvalue weighted by Crippen LogP contribution is -2.44. The minimum atomic E-state index is -1.20. The van der Waals surface area contributed by atoms with Crippen molar-refractivity contribution in [2.24, 2.45) is 17.8 Å². The smallest absolute Gasteiger partial charge is 0.487 e. The van der Waals surface area contributed by atoms with Crippen LogP contribution in [0.25, 0.3) is 0 Å². The van der Waals surface area contributed by atoms with Crippen LogP contribution in [0.5, 0.6) is 5.75 Å². The van der Waals surface area contributed by atoms with Crippen molar-refractivity contribution in [2.75, 3.05) is 6.54 Å². The molecule has 3 aliphatic rings. The monoisotopic (exact) mass is 387 g/mol. The van der Waals surface area contributed by atoms with Crippen LogP contribution in [0.3, 0.4) is 0 Å². The number of rotatable bonds is 3. The second-order valence-corrected chi connectivity index (χ2v) is 7.93. The summed E-state index contributed by atoms with van der Waals surface area (Å²) >= 11 is 0. The topological polar surface area (TPSA) is 87.1 Å². The number of carbonyl (C=O) groups is 2. The second kappa shape index (κ2) is 7.01. The Kier molecular flexibility index (Phi) is 4.79. The van der Waals surface area contributed by atoms with E-state index in [1.165, 1.54) is 17.0 Å². The summed E-state index contributed by atoms with van der Waals surface area (Å²) in [6.07, 6.45) is 0.879. The molecule has 148 valence electrons. The Morgan fingerprint density at radius 1 is 1.29 bits per heavy atom. The van der Waals surface area contributed by atoms with Crippen LogP contribution in [-0.4, -0.2) is 40.5 Å². The van der Waals surface area contributed by atoms with Gasteiger partial charge in [-0.2, -0.15) is 0 Å². The third-order valence-electron chi connectivity index (χ3n) is 6.24. The molecular formula is C20H23BFNO5. The predicted molar refractivity (Wildman–Crippen MR) is 99.3 cm³/mol. The number of phenolic OH excluding ortho intramolecular Hbond substituents is 1. The second-order valence-electron chi connectivity index (χ2n) is 7.93. The van der Waals surface area contributed by atoms with Crippen LogP contribution in [0, 0.1) is 23.6 Å². The highest BCUT2D eigenvalue weighted by molar-refractivity contribution is 6.53. The normalized spacial score (nSPS) is 30.0. The number of phenols is 1. The maximum Gasteiger partial charge on any atom is 0.487 e. The predicted octanol–water partition coefficient (Wildman–Crippen LogP) is 2.36. The van der Waals surface area contributed by atoms with E-state index in [4.69, 9.17) is 4.65 Å².